The molecule has 27 heavy (non-hydrogen) atoms. The summed E-state index contributed by atoms with van der Waals surface area (Å²) in [5.41, 5.74) is 1.90. The average molecular weight is 363 g/mol. The number of hydrogen-bond donors (Lipinski definition) is 1. The van der Waals surface area contributed by atoms with Crippen LogP contribution in [0.4, 0.5) is 10.1 Å². The van der Waals surface area contributed by atoms with Crippen LogP contribution in [0.3, 0.4) is 0 Å². The Morgan fingerprint density at radius 1 is 0.889 bits per heavy atom. The molecule has 1 N–H and O–H groups in total. The fourth-order valence-corrected chi connectivity index (χ4v) is 2.54. The van der Waals surface area contributed by atoms with Crippen LogP contribution >= 0.6 is 0 Å². The monoisotopic (exact) mass is 363 g/mol. The van der Waals surface area contributed by atoms with E-state index < -0.39 is 23.8 Å². The minimum absolute atomic E-state index is 0.221. The Balaban J connectivity index is 1.85. The summed E-state index contributed by atoms with van der Waals surface area (Å²) >= 11 is 0. The third kappa shape index (κ3) is 4.58. The molecule has 1 atom stereocenters. The van der Waals surface area contributed by atoms with Crippen LogP contribution in [0.15, 0.2) is 78.9 Å². The van der Waals surface area contributed by atoms with Crippen LogP contribution in [0.25, 0.3) is 0 Å². The summed E-state index contributed by atoms with van der Waals surface area (Å²) < 4.78 is 19.2. The van der Waals surface area contributed by atoms with Crippen molar-refractivity contribution in [3.05, 3.63) is 101 Å². The highest BCUT2D eigenvalue weighted by molar-refractivity contribution is 5.98. The number of anilines is 1. The first-order chi connectivity index (χ1) is 13.0. The van der Waals surface area contributed by atoms with Gasteiger partial charge in [-0.1, -0.05) is 60.2 Å². The highest BCUT2D eigenvalue weighted by Crippen LogP contribution is 2.22. The molecular formula is C22H18FNO3. The molecule has 0 unspecified atom stereocenters. The van der Waals surface area contributed by atoms with Gasteiger partial charge in [0.25, 0.3) is 5.91 Å². The number of halogens is 1. The Hall–Kier alpha value is -3.47. The van der Waals surface area contributed by atoms with Gasteiger partial charge in [-0.3, -0.25) is 4.79 Å². The predicted octanol–water partition coefficient (Wildman–Crippen LogP) is 4.67. The third-order valence-corrected chi connectivity index (χ3v) is 3.98. The Morgan fingerprint density at radius 3 is 2.19 bits per heavy atom. The zero-order chi connectivity index (χ0) is 19.2. The summed E-state index contributed by atoms with van der Waals surface area (Å²) in [4.78, 5) is 25.2. The van der Waals surface area contributed by atoms with Crippen molar-refractivity contribution in [2.75, 3.05) is 5.32 Å². The van der Waals surface area contributed by atoms with Crippen molar-refractivity contribution in [1.29, 1.82) is 0 Å². The van der Waals surface area contributed by atoms with Crippen LogP contribution in [0.2, 0.25) is 0 Å². The molecule has 0 bridgehead atoms. The van der Waals surface area contributed by atoms with E-state index in [1.165, 1.54) is 24.3 Å². The molecule has 1 amide bonds. The number of hydrogen-bond acceptors (Lipinski definition) is 3. The second-order valence-corrected chi connectivity index (χ2v) is 6.03. The second-order valence-electron chi connectivity index (χ2n) is 6.03. The largest absolute Gasteiger partial charge is 0.444 e. The number of carbonyl (C=O) groups is 2. The second kappa shape index (κ2) is 8.27. The van der Waals surface area contributed by atoms with E-state index in [2.05, 4.69) is 5.32 Å². The van der Waals surface area contributed by atoms with E-state index in [-0.39, 0.29) is 5.56 Å². The Labute approximate surface area is 156 Å². The molecule has 4 nitrogen and oxygen atoms in total. The normalized spacial score (nSPS) is 11.5. The lowest BCUT2D eigenvalue weighted by molar-refractivity contribution is -0.125. The molecule has 0 saturated heterocycles. The van der Waals surface area contributed by atoms with Crippen molar-refractivity contribution in [3.8, 4) is 0 Å². The van der Waals surface area contributed by atoms with E-state index in [9.17, 15) is 14.0 Å². The molecule has 0 radical (unpaired) electrons. The lowest BCUT2D eigenvalue weighted by Crippen LogP contribution is -2.26. The predicted molar refractivity (Wildman–Crippen MR) is 101 cm³/mol. The molecule has 0 heterocycles. The highest BCUT2D eigenvalue weighted by Gasteiger charge is 2.26. The maximum absolute atomic E-state index is 13.9. The summed E-state index contributed by atoms with van der Waals surface area (Å²) in [7, 11) is 0. The quantitative estimate of drug-likeness (QED) is 0.670. The number of benzene rings is 3. The van der Waals surface area contributed by atoms with Gasteiger partial charge in [0.2, 0.25) is 6.10 Å². The molecule has 3 rings (SSSR count). The Bertz CT molecular complexity index is 939. The first-order valence-corrected chi connectivity index (χ1v) is 8.42. The lowest BCUT2D eigenvalue weighted by atomic mass is 10.1. The van der Waals surface area contributed by atoms with Gasteiger partial charge in [-0.25, -0.2) is 9.18 Å². The maximum Gasteiger partial charge on any atom is 0.342 e. The van der Waals surface area contributed by atoms with Crippen molar-refractivity contribution in [1.82, 2.24) is 0 Å². The van der Waals surface area contributed by atoms with Crippen molar-refractivity contribution >= 4 is 17.6 Å². The lowest BCUT2D eigenvalue weighted by Gasteiger charge is -2.18. The first kappa shape index (κ1) is 18.3. The molecule has 136 valence electrons. The van der Waals surface area contributed by atoms with Gasteiger partial charge in [0.1, 0.15) is 5.82 Å². The van der Waals surface area contributed by atoms with Crippen LogP contribution in [-0.2, 0) is 9.53 Å². The number of rotatable bonds is 5. The van der Waals surface area contributed by atoms with Crippen LogP contribution < -0.4 is 5.32 Å². The van der Waals surface area contributed by atoms with Crippen LogP contribution in [0.1, 0.15) is 27.6 Å². The molecule has 3 aromatic rings. The zero-order valence-electron chi connectivity index (χ0n) is 14.7. The summed E-state index contributed by atoms with van der Waals surface area (Å²) in [6.45, 7) is 1.94. The number of amides is 1. The fourth-order valence-electron chi connectivity index (χ4n) is 2.54. The van der Waals surface area contributed by atoms with E-state index in [1.54, 1.807) is 42.5 Å². The molecule has 0 aliphatic rings. The van der Waals surface area contributed by atoms with Crippen molar-refractivity contribution in [2.45, 2.75) is 13.0 Å². The molecule has 5 heteroatoms. The third-order valence-electron chi connectivity index (χ3n) is 3.98. The van der Waals surface area contributed by atoms with Gasteiger partial charge in [-0.15, -0.1) is 0 Å². The molecule has 0 aliphatic heterocycles. The zero-order valence-corrected chi connectivity index (χ0v) is 14.7. The van der Waals surface area contributed by atoms with Gasteiger partial charge >= 0.3 is 5.97 Å². The van der Waals surface area contributed by atoms with E-state index in [0.29, 0.717) is 11.3 Å². The fraction of sp³-hybridized carbons (Fsp3) is 0.0909. The molecule has 3 aromatic carbocycles. The molecule has 0 spiro atoms. The van der Waals surface area contributed by atoms with Crippen LogP contribution in [0.5, 0.6) is 0 Å². The standard InChI is InChI=1S/C22H18FNO3/c1-15-11-13-17(14-12-15)24-21(25)20(16-7-3-2-4-8-16)27-22(26)18-9-5-6-10-19(18)23/h2-14,20H,1H3,(H,24,25)/t20-/m1/s1. The van der Waals surface area contributed by atoms with Crippen molar-refractivity contribution < 1.29 is 18.7 Å². The minimum atomic E-state index is -1.21. The first-order valence-electron chi connectivity index (χ1n) is 8.42. The molecule has 0 saturated carbocycles. The van der Waals surface area contributed by atoms with E-state index in [0.717, 1.165) is 5.56 Å². The number of ether oxygens (including phenoxy) is 1. The van der Waals surface area contributed by atoms with E-state index >= 15 is 0 Å². The van der Waals surface area contributed by atoms with Gasteiger partial charge in [0, 0.05) is 11.3 Å². The van der Waals surface area contributed by atoms with Crippen LogP contribution in [0, 0.1) is 12.7 Å². The number of aryl methyl sites for hydroxylation is 1. The highest BCUT2D eigenvalue weighted by atomic mass is 19.1. The summed E-state index contributed by atoms with van der Waals surface area (Å²) in [5, 5.41) is 2.73. The van der Waals surface area contributed by atoms with Crippen LogP contribution in [-0.4, -0.2) is 11.9 Å². The molecule has 0 aliphatic carbocycles. The Kier molecular flexibility index (Phi) is 5.61. The molecule has 0 fully saturated rings. The summed E-state index contributed by atoms with van der Waals surface area (Å²) in [6, 6.07) is 21.3. The van der Waals surface area contributed by atoms with Crippen molar-refractivity contribution in [2.24, 2.45) is 0 Å². The SMILES string of the molecule is Cc1ccc(NC(=O)[C@H](OC(=O)c2ccccc2F)c2ccccc2)cc1. The molecular weight excluding hydrogens is 345 g/mol. The van der Waals surface area contributed by atoms with Gasteiger partial charge in [0.15, 0.2) is 0 Å². The summed E-state index contributed by atoms with van der Waals surface area (Å²) in [5.74, 6) is -2.12. The topological polar surface area (TPSA) is 55.4 Å². The maximum atomic E-state index is 13.9. The molecule has 0 aromatic heterocycles. The van der Waals surface area contributed by atoms with Gasteiger partial charge in [-0.2, -0.15) is 0 Å². The van der Waals surface area contributed by atoms with Crippen molar-refractivity contribution in [3.63, 3.8) is 0 Å². The summed E-state index contributed by atoms with van der Waals surface area (Å²) in [6.07, 6.45) is -1.21. The minimum Gasteiger partial charge on any atom is -0.444 e. The number of carbonyl (C=O) groups excluding carboxylic acids is 2. The van der Waals surface area contributed by atoms with Gasteiger partial charge in [-0.05, 0) is 31.2 Å². The Morgan fingerprint density at radius 2 is 1.52 bits per heavy atom. The number of nitrogens with one attached hydrogen (secondary N) is 1. The average Bonchev–Trinajstić information content (AvgIpc) is 2.68. The smallest absolute Gasteiger partial charge is 0.342 e. The number of esters is 1. The van der Waals surface area contributed by atoms with Gasteiger partial charge < -0.3 is 10.1 Å². The van der Waals surface area contributed by atoms with E-state index in [1.807, 2.05) is 19.1 Å². The van der Waals surface area contributed by atoms with Gasteiger partial charge in [0.05, 0.1) is 5.56 Å². The van der Waals surface area contributed by atoms with E-state index in [4.69, 9.17) is 4.74 Å².